The number of nitrogens with two attached hydrogens (primary N) is 2. The van der Waals surface area contributed by atoms with Gasteiger partial charge in [-0.3, -0.25) is 28.8 Å². The Bertz CT molecular complexity index is 2260. The number of unbranched alkanes of at least 4 members (excludes halogenated alkanes) is 7. The Kier molecular flexibility index (Phi) is 19.0. The molecule has 0 bridgehead atoms. The summed E-state index contributed by atoms with van der Waals surface area (Å²) in [5, 5.41) is 11.5. The van der Waals surface area contributed by atoms with Crippen molar-refractivity contribution in [2.75, 3.05) is 27.3 Å². The Morgan fingerprint density at radius 3 is 1.32 bits per heavy atom. The molecule has 8 unspecified atom stereocenters. The SMILES string of the molecule is CN[C@@H](C)C(=O)NC1CC([C@H]2c3ccccc3C[C@H]2OCCCCCCCCCCO[C@@H]2Cc3ccccc3[C@@H]2C2CC(NC(=O)[C@H](C)NC)C(=O)N3C(CC(C)(C)C3C(N)=O)S2)SC2CC(C)(C)C(C(N)=O)N2C1=O. The molecule has 4 aliphatic heterocycles. The molecule has 2 aromatic carbocycles. The van der Waals surface area contributed by atoms with Crippen LogP contribution in [0.3, 0.4) is 0 Å². The van der Waals surface area contributed by atoms with Crippen LogP contribution in [0.4, 0.5) is 0 Å². The fourth-order valence-corrected chi connectivity index (χ4v) is 17.6. The van der Waals surface area contributed by atoms with E-state index in [0.717, 1.165) is 64.2 Å². The van der Waals surface area contributed by atoms with Crippen LogP contribution in [-0.4, -0.2) is 142 Å². The zero-order valence-corrected chi connectivity index (χ0v) is 47.8. The van der Waals surface area contributed by atoms with E-state index < -0.39 is 58.9 Å². The lowest BCUT2D eigenvalue weighted by Crippen LogP contribution is -2.57. The number of benzene rings is 2. The number of nitrogens with one attached hydrogen (secondary N) is 4. The maximum Gasteiger partial charge on any atom is 0.246 e. The van der Waals surface area contributed by atoms with Gasteiger partial charge in [-0.25, -0.2) is 0 Å². The van der Waals surface area contributed by atoms with Crippen LogP contribution in [0.1, 0.15) is 153 Å². The second-order valence-electron chi connectivity index (χ2n) is 23.9. The normalized spacial score (nSPS) is 31.1. The number of likely N-dealkylation sites (N-methyl/N-ethyl adjacent to an activating group) is 2. The fraction of sp³-hybridized carbons (Fsp3) is 0.690. The molecule has 8 N–H and O–H groups in total. The summed E-state index contributed by atoms with van der Waals surface area (Å²) in [5.74, 6) is -2.04. The summed E-state index contributed by atoms with van der Waals surface area (Å²) in [6.45, 7) is 12.8. The topological polar surface area (TPSA) is 228 Å². The number of nitrogens with zero attached hydrogens (tertiary/aromatic N) is 2. The first-order chi connectivity index (χ1) is 36.3. The van der Waals surface area contributed by atoms with Gasteiger partial charge in [-0.1, -0.05) is 115 Å². The van der Waals surface area contributed by atoms with E-state index in [2.05, 4.69) is 69.8 Å². The average Bonchev–Trinajstić information content (AvgIpc) is 4.08. The quantitative estimate of drug-likeness (QED) is 0.0745. The molecule has 0 spiro atoms. The molecule has 0 aromatic heterocycles. The second-order valence-corrected chi connectivity index (χ2v) is 26.7. The predicted molar refractivity (Wildman–Crippen MR) is 299 cm³/mol. The van der Waals surface area contributed by atoms with Gasteiger partial charge in [0.25, 0.3) is 0 Å². The standard InChI is InChI=1S/C58H86N8O8S2/c1-33(61-7)53(69)63-39-29-43(75-45-31-57(3,4)49(51(59)67)65(45)55(39)71)47-37-23-17-15-21-35(37)27-41(47)73-25-19-13-11-9-10-12-14-20-26-74-42-28-36-22-16-18-24-38(36)48(42)44-30-40(64-54(70)34(2)62-8)56(72)66-46(76-44)32-58(5,6)50(66)52(60)68/h15-18,21-24,33-34,39-50,61-62H,9-14,19-20,25-32H2,1-8H3,(H2,59,67)(H2,60,68)(H,63,69)(H,64,70)/t33-,34-,39?,40?,41+,42+,43?,44?,45?,46?,47-,48-,49?,50?/m0/s1. The van der Waals surface area contributed by atoms with Crippen molar-refractivity contribution < 1.29 is 38.2 Å². The van der Waals surface area contributed by atoms with Crippen molar-refractivity contribution in [3.8, 4) is 0 Å². The third-order valence-corrected chi connectivity index (χ3v) is 20.6. The van der Waals surface area contributed by atoms with Crippen LogP contribution < -0.4 is 32.7 Å². The lowest BCUT2D eigenvalue weighted by molar-refractivity contribution is -0.142. The zero-order chi connectivity index (χ0) is 54.6. The molecule has 0 radical (unpaired) electrons. The van der Waals surface area contributed by atoms with E-state index in [9.17, 15) is 28.8 Å². The van der Waals surface area contributed by atoms with Crippen molar-refractivity contribution >= 4 is 59.0 Å². The summed E-state index contributed by atoms with van der Waals surface area (Å²) in [7, 11) is 3.43. The second kappa shape index (κ2) is 24.9. The summed E-state index contributed by atoms with van der Waals surface area (Å²) >= 11 is 3.48. The third kappa shape index (κ3) is 12.5. The Morgan fingerprint density at radius 2 is 0.961 bits per heavy atom. The van der Waals surface area contributed by atoms with Crippen LogP contribution in [0.25, 0.3) is 0 Å². The zero-order valence-electron chi connectivity index (χ0n) is 46.1. The first kappa shape index (κ1) is 58.0. The minimum absolute atomic E-state index is 0.00751. The minimum Gasteiger partial charge on any atom is -0.377 e. The summed E-state index contributed by atoms with van der Waals surface area (Å²) in [4.78, 5) is 84.7. The van der Waals surface area contributed by atoms with Gasteiger partial charge in [0, 0.05) is 35.5 Å². The van der Waals surface area contributed by atoms with Gasteiger partial charge in [0.15, 0.2) is 0 Å². The molecule has 4 fully saturated rings. The molecule has 18 heteroatoms. The molecule has 418 valence electrons. The number of primary amides is 2. The van der Waals surface area contributed by atoms with Gasteiger partial charge in [0.2, 0.25) is 35.4 Å². The number of amides is 6. The molecule has 6 aliphatic rings. The van der Waals surface area contributed by atoms with Gasteiger partial charge >= 0.3 is 0 Å². The van der Waals surface area contributed by atoms with Gasteiger partial charge in [-0.15, -0.1) is 23.5 Å². The number of carbonyl (C=O) groups excluding carboxylic acids is 6. The van der Waals surface area contributed by atoms with Gasteiger partial charge in [0.05, 0.1) is 35.0 Å². The molecule has 16 nitrogen and oxygen atoms in total. The first-order valence-electron chi connectivity index (χ1n) is 28.1. The van der Waals surface area contributed by atoms with E-state index in [1.165, 1.54) is 22.3 Å². The number of fused-ring (bicyclic) bond motifs is 4. The molecule has 76 heavy (non-hydrogen) atoms. The van der Waals surface area contributed by atoms with Crippen molar-refractivity contribution in [2.45, 2.75) is 213 Å². The fourth-order valence-electron chi connectivity index (χ4n) is 13.4. The largest absolute Gasteiger partial charge is 0.377 e. The van der Waals surface area contributed by atoms with Crippen molar-refractivity contribution in [1.29, 1.82) is 0 Å². The van der Waals surface area contributed by atoms with E-state index in [0.29, 0.717) is 38.9 Å². The Morgan fingerprint density at radius 1 is 0.605 bits per heavy atom. The van der Waals surface area contributed by atoms with Crippen molar-refractivity contribution in [2.24, 2.45) is 22.3 Å². The third-order valence-electron chi connectivity index (χ3n) is 17.6. The van der Waals surface area contributed by atoms with E-state index in [1.807, 2.05) is 27.7 Å². The number of thioether (sulfide) groups is 2. The molecular formula is C58H86N8O8S2. The van der Waals surface area contributed by atoms with Crippen molar-refractivity contribution in [3.63, 3.8) is 0 Å². The molecule has 4 saturated heterocycles. The molecule has 8 rings (SSSR count). The molecule has 2 aromatic rings. The highest BCUT2D eigenvalue weighted by atomic mass is 32.2. The lowest BCUT2D eigenvalue weighted by atomic mass is 9.84. The predicted octanol–water partition coefficient (Wildman–Crippen LogP) is 5.63. The Labute approximate surface area is 459 Å². The van der Waals surface area contributed by atoms with Gasteiger partial charge < -0.3 is 52.0 Å². The molecular weight excluding hydrogens is 1000 g/mol. The van der Waals surface area contributed by atoms with Gasteiger partial charge in [-0.05, 0) is 112 Å². The molecule has 2 aliphatic carbocycles. The summed E-state index contributed by atoms with van der Waals surface area (Å²) in [6.07, 6.45) is 12.1. The van der Waals surface area contributed by atoms with E-state index >= 15 is 0 Å². The number of hydrogen-bond acceptors (Lipinski definition) is 12. The maximum absolute atomic E-state index is 14.4. The smallest absolute Gasteiger partial charge is 0.246 e. The highest BCUT2D eigenvalue weighted by molar-refractivity contribution is 8.00. The van der Waals surface area contributed by atoms with Crippen molar-refractivity contribution in [3.05, 3.63) is 70.8 Å². The maximum atomic E-state index is 14.4. The van der Waals surface area contributed by atoms with E-state index in [1.54, 1.807) is 61.3 Å². The number of rotatable bonds is 23. The molecule has 0 saturated carbocycles. The minimum atomic E-state index is -0.805. The van der Waals surface area contributed by atoms with Crippen LogP contribution in [-0.2, 0) is 51.1 Å². The van der Waals surface area contributed by atoms with Crippen LogP contribution in [0.5, 0.6) is 0 Å². The average molecular weight is 1090 g/mol. The van der Waals surface area contributed by atoms with Crippen LogP contribution >= 0.6 is 23.5 Å². The summed E-state index contributed by atoms with van der Waals surface area (Å²) in [6, 6.07) is 12.9. The van der Waals surface area contributed by atoms with Gasteiger partial charge in [-0.2, -0.15) is 0 Å². The van der Waals surface area contributed by atoms with Crippen molar-refractivity contribution in [1.82, 2.24) is 31.1 Å². The molecule has 4 heterocycles. The van der Waals surface area contributed by atoms with E-state index in [4.69, 9.17) is 20.9 Å². The lowest BCUT2D eigenvalue weighted by Gasteiger charge is -2.32. The Hall–Kier alpha value is -4.20. The summed E-state index contributed by atoms with van der Waals surface area (Å²) in [5.41, 5.74) is 15.9. The highest BCUT2D eigenvalue weighted by Crippen LogP contribution is 2.54. The Balaban J connectivity index is 0.815. The number of hydrogen-bond donors (Lipinski definition) is 6. The van der Waals surface area contributed by atoms with Crippen LogP contribution in [0.2, 0.25) is 0 Å². The summed E-state index contributed by atoms with van der Waals surface area (Å²) < 4.78 is 13.6. The molecule has 6 amide bonds. The monoisotopic (exact) mass is 1090 g/mol. The van der Waals surface area contributed by atoms with E-state index in [-0.39, 0.29) is 68.9 Å². The van der Waals surface area contributed by atoms with Crippen LogP contribution in [0, 0.1) is 10.8 Å². The number of ether oxygens (including phenoxy) is 2. The van der Waals surface area contributed by atoms with Gasteiger partial charge in [0.1, 0.15) is 24.2 Å². The molecule has 14 atom stereocenters. The number of carbonyl (C=O) groups is 6. The van der Waals surface area contributed by atoms with Crippen LogP contribution in [0.15, 0.2) is 48.5 Å². The highest BCUT2D eigenvalue weighted by Gasteiger charge is 2.58. The first-order valence-corrected chi connectivity index (χ1v) is 30.0.